The predicted molar refractivity (Wildman–Crippen MR) is 115 cm³/mol. The van der Waals surface area contributed by atoms with Crippen molar-refractivity contribution in [2.75, 3.05) is 27.2 Å². The second-order valence-electron chi connectivity index (χ2n) is 7.98. The van der Waals surface area contributed by atoms with Crippen LogP contribution in [0.2, 0.25) is 10.0 Å². The highest BCUT2D eigenvalue weighted by atomic mass is 35.5. The lowest BCUT2D eigenvalue weighted by Crippen LogP contribution is -2.49. The Morgan fingerprint density at radius 1 is 1.13 bits per heavy atom. The van der Waals surface area contributed by atoms with Crippen LogP contribution in [0.25, 0.3) is 0 Å². The van der Waals surface area contributed by atoms with Crippen LogP contribution in [0.4, 0.5) is 4.79 Å². The Morgan fingerprint density at radius 2 is 1.81 bits per heavy atom. The van der Waals surface area contributed by atoms with Gasteiger partial charge in [0.2, 0.25) is 0 Å². The number of hydrogen-bond donors (Lipinski definition) is 0. The highest BCUT2D eigenvalue weighted by Gasteiger charge is 2.55. The summed E-state index contributed by atoms with van der Waals surface area (Å²) in [5, 5.41) is 0.798. The molecule has 4 amide bonds. The fourth-order valence-corrected chi connectivity index (χ4v) is 4.42. The molecule has 2 aliphatic rings. The number of esters is 1. The lowest BCUT2D eigenvalue weighted by molar-refractivity contribution is -0.153. The number of likely N-dealkylation sites (N-methyl/N-ethyl adjacent to an activating group) is 2. The molecule has 0 unspecified atom stereocenters. The maximum Gasteiger partial charge on any atom is 0.327 e. The first-order valence-corrected chi connectivity index (χ1v) is 10.8. The summed E-state index contributed by atoms with van der Waals surface area (Å²) in [6.07, 6.45) is 3.94. The van der Waals surface area contributed by atoms with Crippen LogP contribution in [0, 0.1) is 0 Å². The van der Waals surface area contributed by atoms with Gasteiger partial charge < -0.3 is 14.5 Å². The van der Waals surface area contributed by atoms with E-state index in [-0.39, 0.29) is 12.5 Å². The van der Waals surface area contributed by atoms with Crippen molar-refractivity contribution in [1.82, 2.24) is 14.7 Å². The van der Waals surface area contributed by atoms with Crippen LogP contribution in [0.1, 0.15) is 37.7 Å². The highest BCUT2D eigenvalue weighted by molar-refractivity contribution is 6.42. The highest BCUT2D eigenvalue weighted by Crippen LogP contribution is 2.39. The van der Waals surface area contributed by atoms with Gasteiger partial charge in [-0.1, -0.05) is 48.5 Å². The molecule has 0 bridgehead atoms. The molecule has 168 valence electrons. The van der Waals surface area contributed by atoms with E-state index in [1.165, 1.54) is 9.80 Å². The Bertz CT molecular complexity index is 901. The van der Waals surface area contributed by atoms with Gasteiger partial charge in [-0.3, -0.25) is 19.3 Å². The summed E-state index contributed by atoms with van der Waals surface area (Å²) in [6.45, 7) is -0.745. The molecule has 31 heavy (non-hydrogen) atoms. The number of imide groups is 1. The molecule has 1 aromatic carbocycles. The first-order chi connectivity index (χ1) is 14.7. The van der Waals surface area contributed by atoms with Crippen LogP contribution in [-0.4, -0.2) is 71.3 Å². The molecule has 1 heterocycles. The number of carbonyl (C=O) groups excluding carboxylic acids is 4. The van der Waals surface area contributed by atoms with Gasteiger partial charge in [0.25, 0.3) is 11.8 Å². The van der Waals surface area contributed by atoms with Gasteiger partial charge in [0.15, 0.2) is 6.61 Å². The van der Waals surface area contributed by atoms with Gasteiger partial charge in [-0.15, -0.1) is 0 Å². The monoisotopic (exact) mass is 469 g/mol. The van der Waals surface area contributed by atoms with Crippen molar-refractivity contribution in [2.45, 2.75) is 44.2 Å². The molecule has 0 atom stereocenters. The maximum absolute atomic E-state index is 12.9. The summed E-state index contributed by atoms with van der Waals surface area (Å²) < 4.78 is 5.03. The molecule has 1 saturated carbocycles. The van der Waals surface area contributed by atoms with Crippen LogP contribution in [0.5, 0.6) is 0 Å². The van der Waals surface area contributed by atoms with E-state index >= 15 is 0 Å². The largest absolute Gasteiger partial charge is 0.454 e. The molecule has 8 nitrogen and oxygen atoms in total. The Morgan fingerprint density at radius 3 is 2.45 bits per heavy atom. The number of hydrogen-bond acceptors (Lipinski definition) is 5. The summed E-state index contributed by atoms with van der Waals surface area (Å²) in [4.78, 5) is 53.7. The second kappa shape index (κ2) is 9.44. The quantitative estimate of drug-likeness (QED) is 0.471. The third-order valence-corrected chi connectivity index (χ3v) is 6.70. The number of nitrogens with zero attached hydrogens (tertiary/aromatic N) is 3. The van der Waals surface area contributed by atoms with E-state index in [4.69, 9.17) is 27.9 Å². The van der Waals surface area contributed by atoms with Crippen LogP contribution in [0.3, 0.4) is 0 Å². The Balaban J connectivity index is 1.52. The summed E-state index contributed by atoms with van der Waals surface area (Å²) in [7, 11) is 3.16. The minimum atomic E-state index is -0.856. The van der Waals surface area contributed by atoms with Crippen LogP contribution < -0.4 is 0 Å². The molecule has 2 fully saturated rings. The van der Waals surface area contributed by atoms with E-state index in [2.05, 4.69) is 0 Å². The van der Waals surface area contributed by atoms with Gasteiger partial charge in [0.05, 0.1) is 10.0 Å². The van der Waals surface area contributed by atoms with Crippen molar-refractivity contribution in [1.29, 1.82) is 0 Å². The lowest BCUT2D eigenvalue weighted by Gasteiger charge is -2.35. The standard InChI is InChI=1S/C21H25Cl2N3O5/c1-24(11-14-6-7-15(22)16(23)10-14)17(27)13-31-18(28)12-26-19(29)21(25(2)20(26)30)8-4-3-5-9-21/h6-7,10H,3-5,8-9,11-13H2,1-2H3. The zero-order valence-electron chi connectivity index (χ0n) is 17.5. The summed E-state index contributed by atoms with van der Waals surface area (Å²) in [5.74, 6) is -1.60. The third kappa shape index (κ3) is 4.80. The molecule has 1 aliphatic heterocycles. The SMILES string of the molecule is CN(Cc1ccc(Cl)c(Cl)c1)C(=O)COC(=O)CN1C(=O)N(C)C2(CCCCC2)C1=O. The lowest BCUT2D eigenvalue weighted by atomic mass is 9.81. The molecule has 1 spiro atoms. The Hall–Kier alpha value is -2.32. The number of ether oxygens (including phenoxy) is 1. The number of rotatable bonds is 6. The van der Waals surface area contributed by atoms with Crippen molar-refractivity contribution in [3.63, 3.8) is 0 Å². The number of benzene rings is 1. The number of urea groups is 1. The smallest absolute Gasteiger partial charge is 0.327 e. The van der Waals surface area contributed by atoms with E-state index < -0.39 is 36.6 Å². The summed E-state index contributed by atoms with van der Waals surface area (Å²) >= 11 is 11.9. The molecular formula is C21H25Cl2N3O5. The first-order valence-electron chi connectivity index (χ1n) is 10.1. The third-order valence-electron chi connectivity index (χ3n) is 5.96. The first kappa shape index (κ1) is 23.3. The molecule has 0 aromatic heterocycles. The molecule has 1 saturated heterocycles. The molecule has 10 heteroatoms. The topological polar surface area (TPSA) is 87.2 Å². The zero-order chi connectivity index (χ0) is 22.8. The van der Waals surface area contributed by atoms with E-state index in [1.807, 2.05) is 0 Å². The second-order valence-corrected chi connectivity index (χ2v) is 8.80. The van der Waals surface area contributed by atoms with Gasteiger partial charge in [0, 0.05) is 20.6 Å². The van der Waals surface area contributed by atoms with Gasteiger partial charge in [-0.05, 0) is 30.5 Å². The van der Waals surface area contributed by atoms with Crippen LogP contribution in [-0.2, 0) is 25.7 Å². The van der Waals surface area contributed by atoms with Gasteiger partial charge in [-0.25, -0.2) is 4.79 Å². The molecule has 1 aromatic rings. The minimum Gasteiger partial charge on any atom is -0.454 e. The van der Waals surface area contributed by atoms with Gasteiger partial charge >= 0.3 is 12.0 Å². The molecule has 0 N–H and O–H groups in total. The number of carbonyl (C=O) groups is 4. The molecule has 0 radical (unpaired) electrons. The summed E-state index contributed by atoms with van der Waals surface area (Å²) in [6, 6.07) is 4.53. The number of amides is 4. The summed E-state index contributed by atoms with van der Waals surface area (Å²) in [5.41, 5.74) is -0.0865. The van der Waals surface area contributed by atoms with E-state index in [9.17, 15) is 19.2 Å². The van der Waals surface area contributed by atoms with Crippen molar-refractivity contribution >= 4 is 47.0 Å². The van der Waals surface area contributed by atoms with E-state index in [0.717, 1.165) is 29.7 Å². The van der Waals surface area contributed by atoms with Gasteiger partial charge in [0.1, 0.15) is 12.1 Å². The number of halogens is 2. The fraction of sp³-hybridized carbons (Fsp3) is 0.524. The van der Waals surface area contributed by atoms with Crippen molar-refractivity contribution < 1.29 is 23.9 Å². The molecular weight excluding hydrogens is 445 g/mol. The van der Waals surface area contributed by atoms with Crippen molar-refractivity contribution in [2.24, 2.45) is 0 Å². The zero-order valence-corrected chi connectivity index (χ0v) is 19.0. The average molecular weight is 470 g/mol. The normalized spacial score (nSPS) is 17.9. The molecule has 1 aliphatic carbocycles. The fourth-order valence-electron chi connectivity index (χ4n) is 4.10. The maximum atomic E-state index is 12.9. The molecule has 3 rings (SSSR count). The van der Waals surface area contributed by atoms with Crippen molar-refractivity contribution in [3.05, 3.63) is 33.8 Å². The van der Waals surface area contributed by atoms with Gasteiger partial charge in [-0.2, -0.15) is 0 Å². The Kier molecular flexibility index (Phi) is 7.11. The van der Waals surface area contributed by atoms with E-state index in [0.29, 0.717) is 22.9 Å². The van der Waals surface area contributed by atoms with Crippen LogP contribution in [0.15, 0.2) is 18.2 Å². The van der Waals surface area contributed by atoms with Crippen LogP contribution >= 0.6 is 23.2 Å². The average Bonchev–Trinajstić information content (AvgIpc) is 2.91. The van der Waals surface area contributed by atoms with E-state index in [1.54, 1.807) is 32.3 Å². The predicted octanol–water partition coefficient (Wildman–Crippen LogP) is 3.09. The minimum absolute atomic E-state index is 0.254. The van der Waals surface area contributed by atoms with Crippen molar-refractivity contribution in [3.8, 4) is 0 Å². The Labute approximate surface area is 191 Å².